The molecule has 0 spiro atoms. The predicted molar refractivity (Wildman–Crippen MR) is 143 cm³/mol. The Morgan fingerprint density at radius 3 is 2.21 bits per heavy atom. The first-order valence-corrected chi connectivity index (χ1v) is 13.6. The number of anilines is 1. The number of carbonyl (C=O) groups excluding carboxylic acids is 1. The largest absolute Gasteiger partial charge is 0.492 e. The molecule has 0 bridgehead atoms. The summed E-state index contributed by atoms with van der Waals surface area (Å²) in [5, 5.41) is 0.547. The number of aryl methyl sites for hydroxylation is 1. The molecule has 0 radical (unpaired) electrons. The molecule has 0 unspecified atom stereocenters. The maximum atomic E-state index is 12.4. The highest BCUT2D eigenvalue weighted by molar-refractivity contribution is 6.32. The SMILES string of the molecule is CCCCCCCCCCCCOc1ccc(N(Cc2cccc[n+]2CCC)C(C)=O)cc1Cl. The van der Waals surface area contributed by atoms with Crippen LogP contribution in [0.15, 0.2) is 42.6 Å². The van der Waals surface area contributed by atoms with Gasteiger partial charge in [-0.25, -0.2) is 4.57 Å². The molecule has 0 fully saturated rings. The summed E-state index contributed by atoms with van der Waals surface area (Å²) in [5.41, 5.74) is 1.88. The van der Waals surface area contributed by atoms with Gasteiger partial charge < -0.3 is 9.64 Å². The van der Waals surface area contributed by atoms with Gasteiger partial charge in [0.05, 0.1) is 11.6 Å². The fourth-order valence-electron chi connectivity index (χ4n) is 4.21. The van der Waals surface area contributed by atoms with Crippen LogP contribution in [-0.4, -0.2) is 12.5 Å². The highest BCUT2D eigenvalue weighted by Crippen LogP contribution is 2.30. The van der Waals surface area contributed by atoms with E-state index in [1.54, 1.807) is 11.8 Å². The molecule has 1 heterocycles. The normalized spacial score (nSPS) is 10.9. The zero-order chi connectivity index (χ0) is 24.6. The minimum absolute atomic E-state index is 0.0120. The van der Waals surface area contributed by atoms with E-state index >= 15 is 0 Å². The summed E-state index contributed by atoms with van der Waals surface area (Å²) in [6, 6.07) is 11.7. The lowest BCUT2D eigenvalue weighted by atomic mass is 10.1. The minimum atomic E-state index is -0.0120. The van der Waals surface area contributed by atoms with E-state index in [0.717, 1.165) is 30.8 Å². The van der Waals surface area contributed by atoms with Gasteiger partial charge in [0.15, 0.2) is 6.20 Å². The second-order valence-corrected chi connectivity index (χ2v) is 9.54. The van der Waals surface area contributed by atoms with Crippen LogP contribution in [0.3, 0.4) is 0 Å². The van der Waals surface area contributed by atoms with Crippen molar-refractivity contribution in [1.29, 1.82) is 0 Å². The number of benzene rings is 1. The van der Waals surface area contributed by atoms with Gasteiger partial charge in [0, 0.05) is 31.2 Å². The van der Waals surface area contributed by atoms with Crippen molar-refractivity contribution >= 4 is 23.2 Å². The highest BCUT2D eigenvalue weighted by atomic mass is 35.5. The van der Waals surface area contributed by atoms with Crippen molar-refractivity contribution in [2.45, 2.75) is 104 Å². The number of unbranched alkanes of at least 4 members (excludes halogenated alkanes) is 9. The Morgan fingerprint density at radius 2 is 1.59 bits per heavy atom. The summed E-state index contributed by atoms with van der Waals surface area (Å²) in [6.07, 6.45) is 16.1. The van der Waals surface area contributed by atoms with Crippen LogP contribution in [0.4, 0.5) is 5.69 Å². The van der Waals surface area contributed by atoms with Crippen LogP contribution in [0.2, 0.25) is 5.02 Å². The maximum absolute atomic E-state index is 12.4. The van der Waals surface area contributed by atoms with Crippen LogP contribution in [-0.2, 0) is 17.9 Å². The van der Waals surface area contributed by atoms with Gasteiger partial charge >= 0.3 is 0 Å². The number of pyridine rings is 1. The molecule has 1 amide bonds. The van der Waals surface area contributed by atoms with Crippen LogP contribution in [0.1, 0.15) is 97.1 Å². The van der Waals surface area contributed by atoms with Gasteiger partial charge in [-0.2, -0.15) is 0 Å². The third kappa shape index (κ3) is 10.0. The van der Waals surface area contributed by atoms with E-state index in [-0.39, 0.29) is 5.91 Å². The standard InChI is InChI=1S/C29H44ClN2O2/c1-4-6-7-8-9-10-11-12-13-16-22-34-29-19-18-26(23-28(29)30)32(25(3)33)24-27-17-14-15-21-31(27)20-5-2/h14-15,17-19,21,23H,4-13,16,20,22,24H2,1-3H3/q+1. The Labute approximate surface area is 212 Å². The Hall–Kier alpha value is -2.07. The molecule has 0 N–H and O–H groups in total. The third-order valence-corrected chi connectivity index (χ3v) is 6.48. The van der Waals surface area contributed by atoms with Crippen LogP contribution in [0.5, 0.6) is 5.75 Å². The monoisotopic (exact) mass is 487 g/mol. The van der Waals surface area contributed by atoms with Crippen LogP contribution >= 0.6 is 11.6 Å². The minimum Gasteiger partial charge on any atom is -0.492 e. The lowest BCUT2D eigenvalue weighted by Gasteiger charge is -2.21. The molecule has 1 aromatic carbocycles. The number of carbonyl (C=O) groups is 1. The first kappa shape index (κ1) is 28.2. The zero-order valence-electron chi connectivity index (χ0n) is 21.5. The molecule has 0 saturated carbocycles. The summed E-state index contributed by atoms with van der Waals surface area (Å²) in [5.74, 6) is 0.674. The van der Waals surface area contributed by atoms with Crippen LogP contribution < -0.4 is 14.2 Å². The molecule has 2 rings (SSSR count). The van der Waals surface area contributed by atoms with Gasteiger partial charge in [0.1, 0.15) is 18.8 Å². The van der Waals surface area contributed by atoms with Crippen molar-refractivity contribution in [2.24, 2.45) is 0 Å². The van der Waals surface area contributed by atoms with E-state index in [2.05, 4.69) is 30.7 Å². The van der Waals surface area contributed by atoms with Gasteiger partial charge in [-0.05, 0) is 24.6 Å². The summed E-state index contributed by atoms with van der Waals surface area (Å²) in [4.78, 5) is 14.2. The Balaban J connectivity index is 1.81. The van der Waals surface area contributed by atoms with Gasteiger partial charge in [-0.1, -0.05) is 89.3 Å². The average molecular weight is 488 g/mol. The summed E-state index contributed by atoms with van der Waals surface area (Å²) < 4.78 is 8.13. The van der Waals surface area contributed by atoms with Gasteiger partial charge in [0.2, 0.25) is 11.6 Å². The third-order valence-electron chi connectivity index (χ3n) is 6.18. The highest BCUT2D eigenvalue weighted by Gasteiger charge is 2.19. The molecule has 0 aliphatic rings. The maximum Gasteiger partial charge on any atom is 0.224 e. The van der Waals surface area contributed by atoms with Gasteiger partial charge in [-0.15, -0.1) is 0 Å². The molecule has 5 heteroatoms. The molecule has 0 saturated heterocycles. The molecule has 0 aliphatic heterocycles. The second-order valence-electron chi connectivity index (χ2n) is 9.14. The summed E-state index contributed by atoms with van der Waals surface area (Å²) in [7, 11) is 0. The van der Waals surface area contributed by atoms with Gasteiger partial charge in [0.25, 0.3) is 0 Å². The molecule has 0 atom stereocenters. The number of rotatable bonds is 17. The number of hydrogen-bond acceptors (Lipinski definition) is 2. The molecule has 34 heavy (non-hydrogen) atoms. The molecule has 0 aliphatic carbocycles. The number of halogens is 1. The van der Waals surface area contributed by atoms with Crippen molar-refractivity contribution in [3.8, 4) is 5.75 Å². The average Bonchev–Trinajstić information content (AvgIpc) is 2.82. The molecule has 188 valence electrons. The molecule has 2 aromatic rings. The van der Waals surface area contributed by atoms with E-state index in [4.69, 9.17) is 16.3 Å². The van der Waals surface area contributed by atoms with E-state index in [1.807, 2.05) is 30.3 Å². The number of nitrogens with zero attached hydrogens (tertiary/aromatic N) is 2. The van der Waals surface area contributed by atoms with E-state index in [1.165, 1.54) is 57.8 Å². The van der Waals surface area contributed by atoms with Crippen LogP contribution in [0, 0.1) is 0 Å². The molecular formula is C29H44ClN2O2+. The Morgan fingerprint density at radius 1 is 0.912 bits per heavy atom. The lowest BCUT2D eigenvalue weighted by Crippen LogP contribution is -2.41. The van der Waals surface area contributed by atoms with Crippen molar-refractivity contribution in [3.05, 3.63) is 53.3 Å². The fraction of sp³-hybridized carbons (Fsp3) is 0.586. The zero-order valence-corrected chi connectivity index (χ0v) is 22.3. The van der Waals surface area contributed by atoms with Crippen LogP contribution in [0.25, 0.3) is 0 Å². The Kier molecular flexibility index (Phi) is 13.7. The number of ether oxygens (including phenoxy) is 1. The second kappa shape index (κ2) is 16.5. The number of amides is 1. The van der Waals surface area contributed by atoms with Crippen molar-refractivity contribution in [3.63, 3.8) is 0 Å². The lowest BCUT2D eigenvalue weighted by molar-refractivity contribution is -0.704. The molecular weight excluding hydrogens is 444 g/mol. The topological polar surface area (TPSA) is 33.4 Å². The summed E-state index contributed by atoms with van der Waals surface area (Å²) in [6.45, 7) is 8.11. The number of hydrogen-bond donors (Lipinski definition) is 0. The quantitative estimate of drug-likeness (QED) is 0.168. The van der Waals surface area contributed by atoms with Crippen molar-refractivity contribution in [2.75, 3.05) is 11.5 Å². The first-order valence-electron chi connectivity index (χ1n) is 13.2. The predicted octanol–water partition coefficient (Wildman–Crippen LogP) is 7.89. The van der Waals surface area contributed by atoms with Gasteiger partial charge in [-0.3, -0.25) is 4.79 Å². The fourth-order valence-corrected chi connectivity index (χ4v) is 4.44. The first-order chi connectivity index (χ1) is 16.6. The smallest absolute Gasteiger partial charge is 0.224 e. The van der Waals surface area contributed by atoms with E-state index in [9.17, 15) is 4.79 Å². The molecule has 4 nitrogen and oxygen atoms in total. The molecule has 1 aromatic heterocycles. The van der Waals surface area contributed by atoms with E-state index in [0.29, 0.717) is 23.9 Å². The summed E-state index contributed by atoms with van der Waals surface area (Å²) >= 11 is 6.53. The van der Waals surface area contributed by atoms with Crippen molar-refractivity contribution < 1.29 is 14.1 Å². The number of aromatic nitrogens is 1. The van der Waals surface area contributed by atoms with E-state index < -0.39 is 0 Å². The van der Waals surface area contributed by atoms with Crippen molar-refractivity contribution in [1.82, 2.24) is 0 Å². The Bertz CT molecular complexity index is 856.